The molecule has 0 unspecified atom stereocenters. The monoisotopic (exact) mass is 1080 g/mol. The zero-order chi connectivity index (χ0) is 54.2. The van der Waals surface area contributed by atoms with Crippen molar-refractivity contribution < 1.29 is 119 Å². The zero-order valence-electron chi connectivity index (χ0n) is 43.0. The fraction of sp³-hybridized carbons (Fsp3) is 0.961. The van der Waals surface area contributed by atoms with Gasteiger partial charge in [0.1, 0.15) is 104 Å². The molecule has 15 N–H and O–H groups in total. The van der Waals surface area contributed by atoms with Crippen molar-refractivity contribution in [3.8, 4) is 0 Å². The smallest absolute Gasteiger partial charge is 0.187 e. The van der Waals surface area contributed by atoms with Crippen LogP contribution in [0.25, 0.3) is 0 Å². The lowest BCUT2D eigenvalue weighted by Gasteiger charge is -2.61. The third kappa shape index (κ3) is 10.6. The normalized spacial score (nSPS) is 53.4. The number of allylic oxidation sites excluding steroid dienone is 1. The summed E-state index contributed by atoms with van der Waals surface area (Å²) in [7, 11) is 0. The van der Waals surface area contributed by atoms with Crippen LogP contribution in [0, 0.1) is 46.3 Å². The Morgan fingerprint density at radius 2 is 1.07 bits per heavy atom. The summed E-state index contributed by atoms with van der Waals surface area (Å²) in [6, 6.07) is 0. The molecule has 75 heavy (non-hydrogen) atoms. The van der Waals surface area contributed by atoms with Crippen LogP contribution in [0.15, 0.2) is 11.3 Å². The van der Waals surface area contributed by atoms with E-state index in [9.17, 15) is 76.6 Å². The number of ether oxygens (including phenoxy) is 9. The number of hydrogen-bond donors (Lipinski definition) is 15. The van der Waals surface area contributed by atoms with Gasteiger partial charge in [0, 0.05) is 12.3 Å². The number of aliphatic hydroxyl groups excluding tert-OH is 15. The van der Waals surface area contributed by atoms with Crippen molar-refractivity contribution in [1.82, 2.24) is 0 Å². The molecule has 0 spiro atoms. The molecular formula is C51H84O24. The van der Waals surface area contributed by atoms with E-state index in [2.05, 4.69) is 20.8 Å². The van der Waals surface area contributed by atoms with Gasteiger partial charge in [-0.25, -0.2) is 0 Å². The van der Waals surface area contributed by atoms with E-state index in [0.717, 1.165) is 44.3 Å². The molecule has 31 atom stereocenters. The largest absolute Gasteiger partial charge is 0.494 e. The van der Waals surface area contributed by atoms with Gasteiger partial charge in [-0.2, -0.15) is 0 Å². The van der Waals surface area contributed by atoms with E-state index in [4.69, 9.17) is 42.6 Å². The van der Waals surface area contributed by atoms with E-state index in [1.54, 1.807) is 0 Å². The van der Waals surface area contributed by atoms with Gasteiger partial charge >= 0.3 is 0 Å². The first-order chi connectivity index (χ1) is 35.6. The SMILES string of the molecule is CC1=C(CC[C@H](C)CO[C@@H]2O[C@H](CO)[C@@H](O)[C@H](O)[C@H]2O)O[C@H]2C[C@H]3[C@@H]4CC[C@H]5C[C@@H](O[C@@H]6O[C@H](CO)[C@H](O)[C@H](O)[C@H]6O[C@@H]6O[C@H](CO)[C@@H](O)[C@H](O)[C@H]6O[C@@H]6O[C@H](CO)[C@H](O)[C@H](O)[C@H]6O)[C@H](O)C[C@]5(C)[C@H]4CC[C@]3(C)[C@@H]12. The summed E-state index contributed by atoms with van der Waals surface area (Å²) >= 11 is 0. The second-order valence-electron chi connectivity index (χ2n) is 23.8. The molecule has 0 radical (unpaired) electrons. The summed E-state index contributed by atoms with van der Waals surface area (Å²) in [4.78, 5) is 0. The molecule has 4 saturated heterocycles. The Morgan fingerprint density at radius 1 is 0.560 bits per heavy atom. The van der Waals surface area contributed by atoms with Gasteiger partial charge in [-0.05, 0) is 104 Å². The Morgan fingerprint density at radius 3 is 1.64 bits per heavy atom. The molecule has 0 amide bonds. The maximum Gasteiger partial charge on any atom is 0.187 e. The van der Waals surface area contributed by atoms with Gasteiger partial charge in [-0.1, -0.05) is 20.8 Å². The van der Waals surface area contributed by atoms with E-state index < -0.39 is 161 Å². The second-order valence-corrected chi connectivity index (χ2v) is 23.8. The summed E-state index contributed by atoms with van der Waals surface area (Å²) in [5.41, 5.74) is 1.02. The third-order valence-electron chi connectivity index (χ3n) is 19.5. The lowest BCUT2D eigenvalue weighted by Crippen LogP contribution is -2.67. The average molecular weight is 1080 g/mol. The van der Waals surface area contributed by atoms with Crippen molar-refractivity contribution in [3.63, 3.8) is 0 Å². The van der Waals surface area contributed by atoms with Crippen molar-refractivity contribution in [1.29, 1.82) is 0 Å². The van der Waals surface area contributed by atoms with Crippen LogP contribution < -0.4 is 0 Å². The van der Waals surface area contributed by atoms with Crippen LogP contribution in [0.1, 0.15) is 85.5 Å². The first-order valence-corrected chi connectivity index (χ1v) is 27.1. The van der Waals surface area contributed by atoms with Crippen LogP contribution in [0.4, 0.5) is 0 Å². The number of fused-ring (bicyclic) bond motifs is 7. The maximum absolute atomic E-state index is 12.1. The predicted octanol–water partition coefficient (Wildman–Crippen LogP) is -4.03. The van der Waals surface area contributed by atoms with Gasteiger partial charge in [0.2, 0.25) is 0 Å². The minimum absolute atomic E-state index is 0.00582. The van der Waals surface area contributed by atoms with Crippen LogP contribution >= 0.6 is 0 Å². The second kappa shape index (κ2) is 23.2. The lowest BCUT2D eigenvalue weighted by molar-refractivity contribution is -0.397. The van der Waals surface area contributed by atoms with Crippen LogP contribution in [-0.2, 0) is 42.6 Å². The summed E-state index contributed by atoms with van der Waals surface area (Å²) in [5, 5.41) is 159. The molecule has 4 saturated carbocycles. The minimum Gasteiger partial charge on any atom is -0.494 e. The highest BCUT2D eigenvalue weighted by Gasteiger charge is 2.66. The third-order valence-corrected chi connectivity index (χ3v) is 19.5. The van der Waals surface area contributed by atoms with E-state index in [0.29, 0.717) is 37.0 Å². The molecule has 432 valence electrons. The van der Waals surface area contributed by atoms with E-state index >= 15 is 0 Å². The molecule has 0 bridgehead atoms. The highest BCUT2D eigenvalue weighted by Crippen LogP contribution is 2.70. The quantitative estimate of drug-likeness (QED) is 0.0655. The molecule has 24 heteroatoms. The minimum atomic E-state index is -1.94. The number of hydrogen-bond acceptors (Lipinski definition) is 24. The summed E-state index contributed by atoms with van der Waals surface area (Å²) < 4.78 is 54.0. The molecule has 0 aromatic rings. The lowest BCUT2D eigenvalue weighted by atomic mass is 9.44. The van der Waals surface area contributed by atoms with Crippen molar-refractivity contribution >= 4 is 0 Å². The number of rotatable bonds is 16. The zero-order valence-corrected chi connectivity index (χ0v) is 43.0. The molecule has 9 rings (SSSR count). The van der Waals surface area contributed by atoms with Gasteiger partial charge in [0.25, 0.3) is 0 Å². The predicted molar refractivity (Wildman–Crippen MR) is 252 cm³/mol. The molecule has 24 nitrogen and oxygen atoms in total. The van der Waals surface area contributed by atoms with Gasteiger partial charge in [-0.3, -0.25) is 0 Å². The van der Waals surface area contributed by atoms with E-state index in [-0.39, 0.29) is 41.3 Å². The van der Waals surface area contributed by atoms with Gasteiger partial charge in [-0.15, -0.1) is 0 Å². The summed E-state index contributed by atoms with van der Waals surface area (Å²) in [6.45, 7) is 6.23. The molecule has 5 aliphatic heterocycles. The maximum atomic E-state index is 12.1. The molecular weight excluding hydrogens is 997 g/mol. The van der Waals surface area contributed by atoms with Crippen LogP contribution in [0.5, 0.6) is 0 Å². The summed E-state index contributed by atoms with van der Waals surface area (Å²) in [5.74, 6) is 2.52. The van der Waals surface area contributed by atoms with Gasteiger partial charge < -0.3 is 119 Å². The topological polar surface area (TPSA) is 387 Å². The van der Waals surface area contributed by atoms with Crippen molar-refractivity contribution in [2.24, 2.45) is 46.3 Å². The molecule has 0 aromatic carbocycles. The number of aliphatic hydroxyl groups is 15. The fourth-order valence-corrected chi connectivity index (χ4v) is 15.2. The van der Waals surface area contributed by atoms with Crippen molar-refractivity contribution in [3.05, 3.63) is 11.3 Å². The average Bonchev–Trinajstić information content (AvgIpc) is 3.92. The van der Waals surface area contributed by atoms with Crippen molar-refractivity contribution in [2.45, 2.75) is 227 Å². The van der Waals surface area contributed by atoms with E-state index in [1.807, 2.05) is 6.92 Å². The van der Waals surface area contributed by atoms with E-state index in [1.165, 1.54) is 5.57 Å². The molecule has 8 fully saturated rings. The molecule has 4 aliphatic carbocycles. The summed E-state index contributed by atoms with van der Waals surface area (Å²) in [6.07, 6.45) is -27.5. The standard InChI is InChI=1S/C51H84O24/c1-19(18-67-46-42(65)38(61)34(57)29(14-52)70-46)5-8-26-20(2)33-28(68-26)12-24-22-7-6-21-11-27(25(56)13-51(21,4)23(22)9-10-50(24,33)3)69-48-44(40(63)36(59)31(16-54)72-48)75-49-45(41(64)37(60)32(17-55)73-49)74-47-43(66)39(62)35(58)30(15-53)71-47/h19,21-25,27-49,52-66H,5-18H2,1-4H3/t19-,21-,22+,23-,24-,25+,27+,28-,29+,30+,31+,32+,33-,34+,35-,36-,37+,38-,39-,40-,41-,42+,43+,44+,45+,46+,47-,48+,49-,50-,51-/m0/s1. The Labute approximate surface area is 435 Å². The Hall–Kier alpha value is -1.38. The highest BCUT2D eigenvalue weighted by molar-refractivity contribution is 5.27. The first-order valence-electron chi connectivity index (χ1n) is 27.1. The fourth-order valence-electron chi connectivity index (χ4n) is 15.2. The Balaban J connectivity index is 0.845. The highest BCUT2D eigenvalue weighted by atomic mass is 16.8. The molecule has 0 aromatic heterocycles. The Kier molecular flexibility index (Phi) is 18.1. The molecule has 9 aliphatic rings. The Bertz CT molecular complexity index is 1930. The van der Waals surface area contributed by atoms with Crippen LogP contribution in [-0.4, -0.2) is 251 Å². The van der Waals surface area contributed by atoms with Gasteiger partial charge in [0.05, 0.1) is 51.0 Å². The van der Waals surface area contributed by atoms with Gasteiger partial charge in [0.15, 0.2) is 25.2 Å². The molecule has 5 heterocycles. The van der Waals surface area contributed by atoms with Crippen LogP contribution in [0.2, 0.25) is 0 Å². The van der Waals surface area contributed by atoms with Crippen molar-refractivity contribution in [2.75, 3.05) is 33.0 Å². The van der Waals surface area contributed by atoms with Crippen LogP contribution in [0.3, 0.4) is 0 Å². The first kappa shape index (κ1) is 58.3.